The molecule has 1 amide bonds. The zero-order valence-corrected chi connectivity index (χ0v) is 10.8. The number of nitrogens with one attached hydrogen (secondary N) is 1. The Hall–Kier alpha value is -2.55. The Bertz CT molecular complexity index is 573. The Morgan fingerprint density at radius 1 is 1.40 bits per heavy atom. The number of ether oxygens (including phenoxy) is 1. The number of rotatable bonds is 6. The molecule has 0 bridgehead atoms. The predicted octanol–water partition coefficient (Wildman–Crippen LogP) is 0.918. The summed E-state index contributed by atoms with van der Waals surface area (Å²) < 4.78 is 5.25. The number of aliphatic carboxylic acids is 1. The fraction of sp³-hybridized carbons (Fsp3) is 0.357. The van der Waals surface area contributed by atoms with Crippen LogP contribution in [0.1, 0.15) is 18.4 Å². The lowest BCUT2D eigenvalue weighted by Gasteiger charge is -2.12. The van der Waals surface area contributed by atoms with Gasteiger partial charge in [-0.15, -0.1) is 0 Å². The van der Waals surface area contributed by atoms with Gasteiger partial charge >= 0.3 is 5.97 Å². The lowest BCUT2D eigenvalue weighted by Crippen LogP contribution is -2.36. The first-order valence-corrected chi connectivity index (χ1v) is 6.19. The summed E-state index contributed by atoms with van der Waals surface area (Å²) >= 11 is 0. The van der Waals surface area contributed by atoms with Gasteiger partial charge in [0.15, 0.2) is 6.61 Å². The van der Waals surface area contributed by atoms with Crippen molar-refractivity contribution in [1.29, 1.82) is 5.26 Å². The van der Waals surface area contributed by atoms with E-state index >= 15 is 0 Å². The number of amides is 1. The molecule has 0 spiro atoms. The molecule has 0 heterocycles. The molecule has 6 heteroatoms. The minimum Gasteiger partial charge on any atom is -0.482 e. The van der Waals surface area contributed by atoms with Crippen molar-refractivity contribution in [3.05, 3.63) is 29.8 Å². The molecule has 1 aliphatic rings. The summed E-state index contributed by atoms with van der Waals surface area (Å²) in [5, 5.41) is 20.4. The molecule has 1 fully saturated rings. The van der Waals surface area contributed by atoms with Gasteiger partial charge in [0.1, 0.15) is 11.8 Å². The molecule has 1 saturated carbocycles. The van der Waals surface area contributed by atoms with Gasteiger partial charge in [-0.25, -0.2) is 0 Å². The minimum absolute atomic E-state index is 0.115. The number of hydrogen-bond acceptors (Lipinski definition) is 4. The fourth-order valence-electron chi connectivity index (χ4n) is 1.76. The van der Waals surface area contributed by atoms with E-state index in [1.165, 1.54) is 0 Å². The number of nitriles is 1. The van der Waals surface area contributed by atoms with Crippen LogP contribution in [0.15, 0.2) is 24.3 Å². The SMILES string of the molecule is N#Cc1ccccc1OCC(=O)NCC1(C(=O)O)CC1. The van der Waals surface area contributed by atoms with Crippen LogP contribution in [0.3, 0.4) is 0 Å². The monoisotopic (exact) mass is 274 g/mol. The molecular weight excluding hydrogens is 260 g/mol. The van der Waals surface area contributed by atoms with Gasteiger partial charge in [-0.3, -0.25) is 9.59 Å². The Labute approximate surface area is 116 Å². The van der Waals surface area contributed by atoms with Gasteiger partial charge in [0.25, 0.3) is 5.91 Å². The van der Waals surface area contributed by atoms with Gasteiger partial charge in [0.05, 0.1) is 11.0 Å². The van der Waals surface area contributed by atoms with Crippen LogP contribution in [-0.4, -0.2) is 30.1 Å². The molecule has 20 heavy (non-hydrogen) atoms. The number of para-hydroxylation sites is 1. The van der Waals surface area contributed by atoms with Crippen molar-refractivity contribution < 1.29 is 19.4 Å². The van der Waals surface area contributed by atoms with Gasteiger partial charge in [0, 0.05) is 6.54 Å². The Balaban J connectivity index is 1.81. The second kappa shape index (κ2) is 5.61. The second-order valence-electron chi connectivity index (χ2n) is 4.76. The van der Waals surface area contributed by atoms with Gasteiger partial charge in [-0.05, 0) is 25.0 Å². The van der Waals surface area contributed by atoms with Crippen LogP contribution in [0, 0.1) is 16.7 Å². The molecule has 0 radical (unpaired) electrons. The van der Waals surface area contributed by atoms with Crippen LogP contribution >= 0.6 is 0 Å². The van der Waals surface area contributed by atoms with E-state index in [0.717, 1.165) is 0 Å². The number of benzene rings is 1. The van der Waals surface area contributed by atoms with Gasteiger partial charge in [-0.2, -0.15) is 5.26 Å². The van der Waals surface area contributed by atoms with E-state index < -0.39 is 17.3 Å². The van der Waals surface area contributed by atoms with E-state index in [2.05, 4.69) is 5.32 Å². The first-order chi connectivity index (χ1) is 9.57. The number of carboxylic acid groups (broad SMARTS) is 1. The Kier molecular flexibility index (Phi) is 3.89. The number of nitrogens with zero attached hydrogens (tertiary/aromatic N) is 1. The average molecular weight is 274 g/mol. The van der Waals surface area contributed by atoms with E-state index in [9.17, 15) is 9.59 Å². The molecular formula is C14H14N2O4. The van der Waals surface area contributed by atoms with E-state index in [-0.39, 0.29) is 13.2 Å². The predicted molar refractivity (Wildman–Crippen MR) is 69.0 cm³/mol. The van der Waals surface area contributed by atoms with Crippen LogP contribution in [0.25, 0.3) is 0 Å². The normalized spacial score (nSPS) is 14.9. The van der Waals surface area contributed by atoms with E-state index in [4.69, 9.17) is 15.1 Å². The van der Waals surface area contributed by atoms with Crippen molar-refractivity contribution in [2.24, 2.45) is 5.41 Å². The highest BCUT2D eigenvalue weighted by atomic mass is 16.5. The number of carbonyl (C=O) groups is 2. The van der Waals surface area contributed by atoms with Crippen LogP contribution in [-0.2, 0) is 9.59 Å². The zero-order chi connectivity index (χ0) is 14.6. The summed E-state index contributed by atoms with van der Waals surface area (Å²) in [6, 6.07) is 8.57. The smallest absolute Gasteiger partial charge is 0.311 e. The maximum atomic E-state index is 11.6. The Morgan fingerprint density at radius 3 is 2.70 bits per heavy atom. The van der Waals surface area contributed by atoms with E-state index in [1.807, 2.05) is 6.07 Å². The van der Waals surface area contributed by atoms with Gasteiger partial charge in [-0.1, -0.05) is 12.1 Å². The Morgan fingerprint density at radius 2 is 2.10 bits per heavy atom. The molecule has 0 aromatic heterocycles. The lowest BCUT2D eigenvalue weighted by molar-refractivity contribution is -0.143. The lowest BCUT2D eigenvalue weighted by atomic mass is 10.1. The molecule has 104 valence electrons. The molecule has 6 nitrogen and oxygen atoms in total. The molecule has 0 saturated heterocycles. The summed E-state index contributed by atoms with van der Waals surface area (Å²) in [5.41, 5.74) is -0.440. The minimum atomic E-state index is -0.881. The topological polar surface area (TPSA) is 99.4 Å². The highest BCUT2D eigenvalue weighted by Crippen LogP contribution is 2.45. The summed E-state index contributed by atoms with van der Waals surface area (Å²) in [7, 11) is 0. The van der Waals surface area contributed by atoms with Crippen LogP contribution < -0.4 is 10.1 Å². The molecule has 0 aliphatic heterocycles. The van der Waals surface area contributed by atoms with E-state index in [0.29, 0.717) is 24.2 Å². The summed E-state index contributed by atoms with van der Waals surface area (Å²) in [4.78, 5) is 22.5. The first-order valence-electron chi connectivity index (χ1n) is 6.19. The largest absolute Gasteiger partial charge is 0.482 e. The number of hydrogen-bond donors (Lipinski definition) is 2. The van der Waals surface area contributed by atoms with Crippen molar-refractivity contribution >= 4 is 11.9 Å². The average Bonchev–Trinajstić information content (AvgIpc) is 3.24. The summed E-state index contributed by atoms with van der Waals surface area (Å²) in [6.07, 6.45) is 1.17. The maximum absolute atomic E-state index is 11.6. The summed E-state index contributed by atoms with van der Waals surface area (Å²) in [5.74, 6) is -0.941. The van der Waals surface area contributed by atoms with Crippen LogP contribution in [0.2, 0.25) is 0 Å². The fourth-order valence-corrected chi connectivity index (χ4v) is 1.76. The quantitative estimate of drug-likeness (QED) is 0.803. The molecule has 1 aromatic rings. The second-order valence-corrected chi connectivity index (χ2v) is 4.76. The number of carbonyl (C=O) groups excluding carboxylic acids is 1. The van der Waals surface area contributed by atoms with Crippen molar-refractivity contribution in [2.45, 2.75) is 12.8 Å². The van der Waals surface area contributed by atoms with Gasteiger partial charge < -0.3 is 15.2 Å². The molecule has 1 aliphatic carbocycles. The third-order valence-electron chi connectivity index (χ3n) is 3.30. The third kappa shape index (κ3) is 3.06. The molecule has 2 N–H and O–H groups in total. The first kappa shape index (κ1) is 13.9. The zero-order valence-electron chi connectivity index (χ0n) is 10.8. The third-order valence-corrected chi connectivity index (χ3v) is 3.30. The molecule has 2 rings (SSSR count). The summed E-state index contributed by atoms with van der Waals surface area (Å²) in [6.45, 7) is -0.126. The van der Waals surface area contributed by atoms with Crippen LogP contribution in [0.4, 0.5) is 0 Å². The van der Waals surface area contributed by atoms with Crippen molar-refractivity contribution in [3.8, 4) is 11.8 Å². The van der Waals surface area contributed by atoms with Crippen molar-refractivity contribution in [2.75, 3.05) is 13.2 Å². The molecule has 0 unspecified atom stereocenters. The highest BCUT2D eigenvalue weighted by Gasteiger charge is 2.50. The highest BCUT2D eigenvalue weighted by molar-refractivity contribution is 5.81. The van der Waals surface area contributed by atoms with Gasteiger partial charge in [0.2, 0.25) is 0 Å². The molecule has 0 atom stereocenters. The maximum Gasteiger partial charge on any atom is 0.311 e. The number of carboxylic acids is 1. The molecule has 1 aromatic carbocycles. The van der Waals surface area contributed by atoms with Crippen LogP contribution in [0.5, 0.6) is 5.75 Å². The van der Waals surface area contributed by atoms with E-state index in [1.54, 1.807) is 24.3 Å². The van der Waals surface area contributed by atoms with Crippen molar-refractivity contribution in [3.63, 3.8) is 0 Å². The van der Waals surface area contributed by atoms with Crippen molar-refractivity contribution in [1.82, 2.24) is 5.32 Å². The standard InChI is InChI=1S/C14H14N2O4/c15-7-10-3-1-2-4-11(10)20-8-12(17)16-9-14(5-6-14)13(18)19/h1-4H,5-6,8-9H2,(H,16,17)(H,18,19).